The first kappa shape index (κ1) is 36.9. The first-order valence-corrected chi connectivity index (χ1v) is 19.5. The molecule has 61 heavy (non-hydrogen) atoms. The van der Waals surface area contributed by atoms with Crippen molar-refractivity contribution >= 4 is 49.3 Å². The van der Waals surface area contributed by atoms with Crippen molar-refractivity contribution in [1.82, 2.24) is 9.13 Å². The topological polar surface area (TPSA) is 61.8 Å². The molecule has 0 spiro atoms. The van der Waals surface area contributed by atoms with Gasteiger partial charge in [0.05, 0.1) is 57.2 Å². The molecule has 0 saturated carbocycles. The van der Waals surface area contributed by atoms with Crippen LogP contribution in [-0.2, 0) is 6.18 Å². The van der Waals surface area contributed by atoms with Gasteiger partial charge in [-0.3, -0.25) is 0 Å². The van der Waals surface area contributed by atoms with Gasteiger partial charge in [0.1, 0.15) is 11.6 Å². The molecule has 0 amide bonds. The Morgan fingerprint density at radius 2 is 1.03 bits per heavy atom. The van der Waals surface area contributed by atoms with Gasteiger partial charge in [-0.05, 0) is 113 Å². The van der Waals surface area contributed by atoms with Gasteiger partial charge in [-0.15, -0.1) is 0 Å². The van der Waals surface area contributed by atoms with E-state index in [4.69, 9.17) is 6.57 Å². The van der Waals surface area contributed by atoms with E-state index in [0.717, 1.165) is 78.0 Å². The molecule has 0 aliphatic heterocycles. The molecule has 0 unspecified atom stereocenters. The minimum absolute atomic E-state index is 0.361. The number of benzene rings is 8. The SMILES string of the molecule is [C-]#[N+]c1ccccc1-c1ccc2c(c1)c1ccccc1n2-c1cc(-c2ccc(C(F)(F)F)cc2C)cc(-n2c3ccccc3c3cc(-c4ccccc4C#N)ccc32)c1C#N. The van der Waals surface area contributed by atoms with Gasteiger partial charge < -0.3 is 9.13 Å². The largest absolute Gasteiger partial charge is 0.416 e. The van der Waals surface area contributed by atoms with Crippen LogP contribution in [0.15, 0.2) is 164 Å². The summed E-state index contributed by atoms with van der Waals surface area (Å²) in [6.45, 7) is 9.48. The highest BCUT2D eigenvalue weighted by atomic mass is 19.4. The number of hydrogen-bond donors (Lipinski definition) is 0. The Labute approximate surface area is 348 Å². The normalized spacial score (nSPS) is 11.6. The lowest BCUT2D eigenvalue weighted by Crippen LogP contribution is -2.07. The summed E-state index contributed by atoms with van der Waals surface area (Å²) in [6.07, 6.45) is -4.52. The van der Waals surface area contributed by atoms with Crippen LogP contribution in [0.3, 0.4) is 0 Å². The second-order valence-electron chi connectivity index (χ2n) is 15.0. The molecular weight excluding hydrogens is 764 g/mol. The van der Waals surface area contributed by atoms with Crippen molar-refractivity contribution in [3.8, 4) is 56.9 Å². The lowest BCUT2D eigenvalue weighted by atomic mass is 9.95. The van der Waals surface area contributed by atoms with Crippen LogP contribution < -0.4 is 0 Å². The number of aromatic nitrogens is 2. The van der Waals surface area contributed by atoms with Crippen molar-refractivity contribution in [1.29, 1.82) is 10.5 Å². The van der Waals surface area contributed by atoms with E-state index in [-0.39, 0.29) is 0 Å². The van der Waals surface area contributed by atoms with Crippen molar-refractivity contribution < 1.29 is 13.2 Å². The molecule has 0 aliphatic carbocycles. The fraction of sp³-hybridized carbons (Fsp3) is 0.0377. The standard InChI is InChI=1S/C53H30F3N5/c1-32-25-37(53(54,55)56)21-22-38(32)36-28-51(60-47-17-9-6-14-41(47)43-26-33(19-23-49(43)60)39-12-4-3-11-35(39)30-57)45(31-58)52(29-36)61-48-18-10-7-15-42(48)44-27-34(20-24-50(44)61)40-13-5-8-16-46(40)59-2/h3-29H,1H3. The van der Waals surface area contributed by atoms with Crippen molar-refractivity contribution in [3.05, 3.63) is 197 Å². The van der Waals surface area contributed by atoms with E-state index in [0.29, 0.717) is 44.9 Å². The van der Waals surface area contributed by atoms with E-state index in [1.165, 1.54) is 6.07 Å². The van der Waals surface area contributed by atoms with Crippen molar-refractivity contribution in [2.45, 2.75) is 13.1 Å². The van der Waals surface area contributed by atoms with Gasteiger partial charge in [0.25, 0.3) is 0 Å². The zero-order valence-corrected chi connectivity index (χ0v) is 32.5. The number of alkyl halides is 3. The van der Waals surface area contributed by atoms with Gasteiger partial charge in [0.2, 0.25) is 0 Å². The summed E-state index contributed by atoms with van der Waals surface area (Å²) >= 11 is 0. The van der Waals surface area contributed by atoms with Crippen molar-refractivity contribution in [2.75, 3.05) is 0 Å². The maximum atomic E-state index is 14.0. The van der Waals surface area contributed by atoms with Crippen LogP contribution in [0.5, 0.6) is 0 Å². The Hall–Kier alpha value is -8.38. The molecule has 0 bridgehead atoms. The van der Waals surface area contributed by atoms with E-state index >= 15 is 0 Å². The third kappa shape index (κ3) is 5.91. The lowest BCUT2D eigenvalue weighted by molar-refractivity contribution is -0.137. The van der Waals surface area contributed by atoms with Crippen LogP contribution in [0, 0.1) is 36.2 Å². The summed E-state index contributed by atoms with van der Waals surface area (Å²) in [5.41, 5.74) is 10.1. The molecule has 8 heteroatoms. The average molecular weight is 794 g/mol. The van der Waals surface area contributed by atoms with Crippen LogP contribution in [0.1, 0.15) is 22.3 Å². The van der Waals surface area contributed by atoms with Crippen LogP contribution in [0.2, 0.25) is 0 Å². The number of fused-ring (bicyclic) bond motifs is 6. The highest BCUT2D eigenvalue weighted by Gasteiger charge is 2.31. The fourth-order valence-corrected chi connectivity index (χ4v) is 8.85. The summed E-state index contributed by atoms with van der Waals surface area (Å²) in [5, 5.41) is 25.0. The summed E-state index contributed by atoms with van der Waals surface area (Å²) in [4.78, 5) is 3.77. The predicted molar refractivity (Wildman–Crippen MR) is 237 cm³/mol. The van der Waals surface area contributed by atoms with E-state index < -0.39 is 11.7 Å². The number of para-hydroxylation sites is 3. The van der Waals surface area contributed by atoms with Gasteiger partial charge >= 0.3 is 6.18 Å². The maximum absolute atomic E-state index is 14.0. The van der Waals surface area contributed by atoms with Gasteiger partial charge in [-0.2, -0.15) is 23.7 Å². The molecule has 0 atom stereocenters. The predicted octanol–water partition coefficient (Wildman–Crippen LogP) is 14.5. The van der Waals surface area contributed by atoms with Gasteiger partial charge in [0.15, 0.2) is 5.69 Å². The molecule has 0 aliphatic rings. The van der Waals surface area contributed by atoms with Crippen molar-refractivity contribution in [3.63, 3.8) is 0 Å². The molecule has 0 fully saturated rings. The Morgan fingerprint density at radius 1 is 0.508 bits per heavy atom. The van der Waals surface area contributed by atoms with E-state index in [2.05, 4.69) is 38.3 Å². The summed E-state index contributed by atoms with van der Waals surface area (Å²) in [7, 11) is 0. The Morgan fingerprint density at radius 3 is 1.59 bits per heavy atom. The zero-order valence-electron chi connectivity index (χ0n) is 32.5. The van der Waals surface area contributed by atoms with Crippen molar-refractivity contribution in [2.24, 2.45) is 0 Å². The van der Waals surface area contributed by atoms with E-state index in [1.807, 2.05) is 121 Å². The molecule has 10 rings (SSSR count). The first-order valence-electron chi connectivity index (χ1n) is 19.5. The third-order valence-corrected chi connectivity index (χ3v) is 11.6. The van der Waals surface area contributed by atoms with Crippen LogP contribution in [0.25, 0.3) is 93.2 Å². The number of nitrogens with zero attached hydrogens (tertiary/aromatic N) is 5. The average Bonchev–Trinajstić information content (AvgIpc) is 3.80. The third-order valence-electron chi connectivity index (χ3n) is 11.6. The highest BCUT2D eigenvalue weighted by molar-refractivity contribution is 6.13. The van der Waals surface area contributed by atoms with Gasteiger partial charge in [0, 0.05) is 21.5 Å². The van der Waals surface area contributed by atoms with Gasteiger partial charge in [-0.1, -0.05) is 97.1 Å². The number of nitriles is 2. The molecule has 0 N–H and O–H groups in total. The molecule has 2 aromatic heterocycles. The maximum Gasteiger partial charge on any atom is 0.416 e. The summed E-state index contributed by atoms with van der Waals surface area (Å²) in [5.74, 6) is 0. The second-order valence-corrected chi connectivity index (χ2v) is 15.0. The van der Waals surface area contributed by atoms with Crippen LogP contribution >= 0.6 is 0 Å². The van der Waals surface area contributed by atoms with E-state index in [9.17, 15) is 23.7 Å². The molecule has 10 aromatic rings. The number of halogens is 3. The van der Waals surface area contributed by atoms with Gasteiger partial charge in [-0.25, -0.2) is 4.85 Å². The number of aryl methyl sites for hydroxylation is 1. The quantitative estimate of drug-likeness (QED) is 0.163. The van der Waals surface area contributed by atoms with E-state index in [1.54, 1.807) is 19.1 Å². The van der Waals surface area contributed by atoms with Crippen LogP contribution in [-0.4, -0.2) is 9.13 Å². The second kappa shape index (κ2) is 14.2. The molecule has 288 valence electrons. The Kier molecular flexibility index (Phi) is 8.58. The fourth-order valence-electron chi connectivity index (χ4n) is 8.85. The monoisotopic (exact) mass is 793 g/mol. The smallest absolute Gasteiger partial charge is 0.308 e. The molecule has 5 nitrogen and oxygen atoms in total. The number of hydrogen-bond acceptors (Lipinski definition) is 2. The summed E-state index contributed by atoms with van der Waals surface area (Å²) < 4.78 is 46.1. The zero-order chi connectivity index (χ0) is 42.0. The number of rotatable bonds is 5. The molecular formula is C53H30F3N5. The molecule has 0 saturated heterocycles. The van der Waals surface area contributed by atoms with Crippen LogP contribution in [0.4, 0.5) is 18.9 Å². The minimum atomic E-state index is -4.52. The highest BCUT2D eigenvalue weighted by Crippen LogP contribution is 2.43. The molecule has 2 heterocycles. The molecule has 8 aromatic carbocycles. The molecule has 0 radical (unpaired) electrons. The first-order chi connectivity index (χ1) is 29.7. The lowest BCUT2D eigenvalue weighted by Gasteiger charge is -2.19. The minimum Gasteiger partial charge on any atom is -0.308 e. The summed E-state index contributed by atoms with van der Waals surface area (Å²) in [6, 6.07) is 55.3. The Balaban J connectivity index is 1.30. The Bertz CT molecular complexity index is 3390.